The van der Waals surface area contributed by atoms with Crippen molar-refractivity contribution in [2.24, 2.45) is 4.99 Å². The summed E-state index contributed by atoms with van der Waals surface area (Å²) in [6.45, 7) is 2.15. The molecule has 1 N–H and O–H groups in total. The van der Waals surface area contributed by atoms with Gasteiger partial charge < -0.3 is 9.72 Å². The maximum absolute atomic E-state index is 6.10. The van der Waals surface area contributed by atoms with E-state index in [1.165, 1.54) is 22.0 Å². The van der Waals surface area contributed by atoms with Crippen molar-refractivity contribution in [1.82, 2.24) is 4.98 Å². The van der Waals surface area contributed by atoms with Crippen LogP contribution in [0.4, 0.5) is 0 Å². The number of ether oxygens (including phenoxy) is 1. The van der Waals surface area contributed by atoms with Crippen LogP contribution in [0.1, 0.15) is 23.6 Å². The number of nitrogens with zero attached hydrogens (tertiary/aromatic N) is 1. The lowest BCUT2D eigenvalue weighted by atomic mass is 9.88. The van der Waals surface area contributed by atoms with Gasteiger partial charge in [0.1, 0.15) is 5.75 Å². The van der Waals surface area contributed by atoms with Crippen molar-refractivity contribution >= 4 is 28.2 Å². The standard InChI is InChI=1S/C19H17ClN2O/c1-11-9-16-13-7-8-21-17(13)6-5-14(16)19(22-11)15-4-3-12(20)10-18(15)23-2/h3-8,10-11,21H,9H2,1-2H3. The third kappa shape index (κ3) is 2.32. The van der Waals surface area contributed by atoms with Gasteiger partial charge in [-0.05, 0) is 49.2 Å². The topological polar surface area (TPSA) is 37.4 Å². The van der Waals surface area contributed by atoms with E-state index in [1.807, 2.05) is 24.4 Å². The van der Waals surface area contributed by atoms with E-state index >= 15 is 0 Å². The summed E-state index contributed by atoms with van der Waals surface area (Å²) >= 11 is 6.10. The number of hydrogen-bond donors (Lipinski definition) is 1. The highest BCUT2D eigenvalue weighted by molar-refractivity contribution is 6.31. The maximum atomic E-state index is 6.10. The summed E-state index contributed by atoms with van der Waals surface area (Å²) in [5.41, 5.74) is 5.66. The molecule has 0 saturated heterocycles. The lowest BCUT2D eigenvalue weighted by Gasteiger charge is -2.23. The molecular formula is C19H17ClN2O. The predicted molar refractivity (Wildman–Crippen MR) is 95.1 cm³/mol. The zero-order valence-electron chi connectivity index (χ0n) is 13.1. The number of methoxy groups -OCH3 is 1. The Morgan fingerprint density at radius 2 is 2.00 bits per heavy atom. The largest absolute Gasteiger partial charge is 0.496 e. The van der Waals surface area contributed by atoms with E-state index in [0.717, 1.165) is 23.4 Å². The van der Waals surface area contributed by atoms with E-state index in [1.54, 1.807) is 7.11 Å². The molecule has 2 aromatic carbocycles. The molecule has 0 aliphatic carbocycles. The second-order valence-corrected chi connectivity index (χ2v) is 6.34. The van der Waals surface area contributed by atoms with E-state index in [0.29, 0.717) is 5.02 Å². The predicted octanol–water partition coefficient (Wildman–Crippen LogP) is 4.61. The summed E-state index contributed by atoms with van der Waals surface area (Å²) < 4.78 is 5.53. The van der Waals surface area contributed by atoms with Crippen LogP contribution in [0.2, 0.25) is 5.02 Å². The van der Waals surface area contributed by atoms with Crippen molar-refractivity contribution < 1.29 is 4.74 Å². The van der Waals surface area contributed by atoms with Crippen molar-refractivity contribution in [3.63, 3.8) is 0 Å². The summed E-state index contributed by atoms with van der Waals surface area (Å²) in [5, 5.41) is 1.94. The monoisotopic (exact) mass is 324 g/mol. The SMILES string of the molecule is COc1cc(Cl)ccc1C1=NC(C)Cc2c1ccc1[nH]ccc21. The molecule has 1 aliphatic heterocycles. The molecule has 2 heterocycles. The minimum atomic E-state index is 0.235. The first-order chi connectivity index (χ1) is 11.2. The number of H-pyrrole nitrogens is 1. The molecular weight excluding hydrogens is 308 g/mol. The number of aromatic amines is 1. The number of rotatable bonds is 2. The smallest absolute Gasteiger partial charge is 0.129 e. The lowest BCUT2D eigenvalue weighted by Crippen LogP contribution is -2.20. The van der Waals surface area contributed by atoms with E-state index in [2.05, 4.69) is 30.1 Å². The number of nitrogens with one attached hydrogen (secondary N) is 1. The Bertz CT molecular complexity index is 926. The van der Waals surface area contributed by atoms with Crippen LogP contribution in [0.15, 0.2) is 47.6 Å². The van der Waals surface area contributed by atoms with Gasteiger partial charge in [-0.1, -0.05) is 17.7 Å². The number of hydrogen-bond acceptors (Lipinski definition) is 2. The minimum Gasteiger partial charge on any atom is -0.496 e. The van der Waals surface area contributed by atoms with Gasteiger partial charge in [0, 0.05) is 33.2 Å². The average molecular weight is 325 g/mol. The van der Waals surface area contributed by atoms with Gasteiger partial charge >= 0.3 is 0 Å². The molecule has 1 unspecified atom stereocenters. The molecule has 1 atom stereocenters. The van der Waals surface area contributed by atoms with Crippen molar-refractivity contribution in [2.75, 3.05) is 7.11 Å². The summed E-state index contributed by atoms with van der Waals surface area (Å²) in [4.78, 5) is 8.19. The fourth-order valence-electron chi connectivity index (χ4n) is 3.34. The number of benzene rings is 2. The zero-order valence-corrected chi connectivity index (χ0v) is 13.8. The Hall–Kier alpha value is -2.26. The van der Waals surface area contributed by atoms with Crippen LogP contribution in [0.25, 0.3) is 10.9 Å². The van der Waals surface area contributed by atoms with E-state index in [-0.39, 0.29) is 6.04 Å². The quantitative estimate of drug-likeness (QED) is 0.734. The summed E-state index contributed by atoms with van der Waals surface area (Å²) in [7, 11) is 1.66. The second-order valence-electron chi connectivity index (χ2n) is 5.91. The van der Waals surface area contributed by atoms with Gasteiger partial charge in [0.15, 0.2) is 0 Å². The highest BCUT2D eigenvalue weighted by atomic mass is 35.5. The molecule has 23 heavy (non-hydrogen) atoms. The molecule has 0 bridgehead atoms. The van der Waals surface area contributed by atoms with Crippen LogP contribution < -0.4 is 4.74 Å². The molecule has 4 heteroatoms. The molecule has 116 valence electrons. The molecule has 0 saturated carbocycles. The first-order valence-electron chi connectivity index (χ1n) is 7.68. The van der Waals surface area contributed by atoms with Crippen LogP contribution in [-0.4, -0.2) is 23.8 Å². The normalized spacial score (nSPS) is 17.0. The minimum absolute atomic E-state index is 0.235. The first kappa shape index (κ1) is 14.3. The highest BCUT2D eigenvalue weighted by Crippen LogP contribution is 2.33. The third-order valence-electron chi connectivity index (χ3n) is 4.37. The summed E-state index contributed by atoms with van der Waals surface area (Å²) in [6, 6.07) is 12.3. The van der Waals surface area contributed by atoms with Gasteiger partial charge in [-0.25, -0.2) is 0 Å². The Labute approximate surface area is 140 Å². The molecule has 4 rings (SSSR count). The third-order valence-corrected chi connectivity index (χ3v) is 4.60. The highest BCUT2D eigenvalue weighted by Gasteiger charge is 2.23. The van der Waals surface area contributed by atoms with Gasteiger partial charge in [0.05, 0.1) is 18.9 Å². The molecule has 1 aromatic heterocycles. The first-order valence-corrected chi connectivity index (χ1v) is 8.06. The van der Waals surface area contributed by atoms with E-state index in [4.69, 9.17) is 21.3 Å². The van der Waals surface area contributed by atoms with Crippen LogP contribution in [0, 0.1) is 0 Å². The van der Waals surface area contributed by atoms with Crippen LogP contribution in [0.3, 0.4) is 0 Å². The Morgan fingerprint density at radius 1 is 1.17 bits per heavy atom. The van der Waals surface area contributed by atoms with Gasteiger partial charge in [-0.2, -0.15) is 0 Å². The average Bonchev–Trinajstić information content (AvgIpc) is 3.03. The van der Waals surface area contributed by atoms with Gasteiger partial charge in [0.25, 0.3) is 0 Å². The molecule has 0 radical (unpaired) electrons. The van der Waals surface area contributed by atoms with Crippen LogP contribution >= 0.6 is 11.6 Å². The number of aromatic nitrogens is 1. The van der Waals surface area contributed by atoms with E-state index in [9.17, 15) is 0 Å². The molecule has 0 spiro atoms. The van der Waals surface area contributed by atoms with Crippen molar-refractivity contribution in [1.29, 1.82) is 0 Å². The Morgan fingerprint density at radius 3 is 2.83 bits per heavy atom. The van der Waals surface area contributed by atoms with Gasteiger partial charge in [-0.3, -0.25) is 4.99 Å². The molecule has 1 aliphatic rings. The van der Waals surface area contributed by atoms with Crippen molar-refractivity contribution in [3.8, 4) is 5.75 Å². The lowest BCUT2D eigenvalue weighted by molar-refractivity contribution is 0.414. The molecule has 3 nitrogen and oxygen atoms in total. The molecule has 3 aromatic rings. The number of fused-ring (bicyclic) bond motifs is 3. The summed E-state index contributed by atoms with van der Waals surface area (Å²) in [6.07, 6.45) is 2.94. The Balaban J connectivity index is 1.96. The van der Waals surface area contributed by atoms with Crippen LogP contribution in [-0.2, 0) is 6.42 Å². The zero-order chi connectivity index (χ0) is 16.0. The molecule has 0 amide bonds. The van der Waals surface area contributed by atoms with Crippen molar-refractivity contribution in [3.05, 3.63) is 64.3 Å². The van der Waals surface area contributed by atoms with Gasteiger partial charge in [0.2, 0.25) is 0 Å². The van der Waals surface area contributed by atoms with Crippen LogP contribution in [0.5, 0.6) is 5.75 Å². The fourth-order valence-corrected chi connectivity index (χ4v) is 3.51. The Kier molecular flexibility index (Phi) is 3.38. The number of aliphatic imine (C=N–C) groups is 1. The number of halogens is 1. The van der Waals surface area contributed by atoms with E-state index < -0.39 is 0 Å². The molecule has 0 fully saturated rings. The van der Waals surface area contributed by atoms with Crippen molar-refractivity contribution in [2.45, 2.75) is 19.4 Å². The maximum Gasteiger partial charge on any atom is 0.129 e. The van der Waals surface area contributed by atoms with Gasteiger partial charge in [-0.15, -0.1) is 0 Å². The fraction of sp³-hybridized carbons (Fsp3) is 0.211. The summed E-state index contributed by atoms with van der Waals surface area (Å²) in [5.74, 6) is 0.755. The second kappa shape index (κ2) is 5.43.